The molecule has 1 N–H and O–H groups in total. The molecule has 0 bridgehead atoms. The van der Waals surface area contributed by atoms with Gasteiger partial charge in [-0.3, -0.25) is 0 Å². The normalized spacial score (nSPS) is 12.3. The predicted octanol–water partition coefficient (Wildman–Crippen LogP) is 3.01. The van der Waals surface area contributed by atoms with Crippen LogP contribution in [0.3, 0.4) is 0 Å². The summed E-state index contributed by atoms with van der Waals surface area (Å²) in [6, 6.07) is 11.8. The zero-order valence-electron chi connectivity index (χ0n) is 14.3. The predicted molar refractivity (Wildman–Crippen MR) is 104 cm³/mol. The fraction of sp³-hybridized carbons (Fsp3) is 0.294. The third-order valence-corrected chi connectivity index (χ3v) is 5.63. The van der Waals surface area contributed by atoms with Gasteiger partial charge in [0.2, 0.25) is 4.77 Å². The Morgan fingerprint density at radius 3 is 2.72 bits per heavy atom. The van der Waals surface area contributed by atoms with Crippen molar-refractivity contribution in [1.82, 2.24) is 14.3 Å². The minimum atomic E-state index is 0.678. The summed E-state index contributed by atoms with van der Waals surface area (Å²) in [4.78, 5) is 2.52. The van der Waals surface area contributed by atoms with Gasteiger partial charge in [-0.15, -0.1) is 16.4 Å². The highest BCUT2D eigenvalue weighted by atomic mass is 35.5. The highest BCUT2D eigenvalue weighted by Crippen LogP contribution is 2.28. The van der Waals surface area contributed by atoms with Crippen LogP contribution in [0.25, 0.3) is 11.4 Å². The lowest BCUT2D eigenvalue weighted by atomic mass is 10.2. The van der Waals surface area contributed by atoms with Gasteiger partial charge in [0.05, 0.1) is 28.9 Å². The molecule has 0 aliphatic heterocycles. The summed E-state index contributed by atoms with van der Waals surface area (Å²) in [5, 5.41) is 4.73. The zero-order valence-corrected chi connectivity index (χ0v) is 16.7. The number of aromatic nitrogens is 3. The first kappa shape index (κ1) is 18.1. The van der Waals surface area contributed by atoms with Crippen molar-refractivity contribution in [2.75, 3.05) is 14.2 Å². The minimum absolute atomic E-state index is 0.678. The molecule has 0 amide bonds. The van der Waals surface area contributed by atoms with Gasteiger partial charge in [-0.1, -0.05) is 23.7 Å². The van der Waals surface area contributed by atoms with Crippen molar-refractivity contribution in [3.8, 4) is 17.1 Å². The van der Waals surface area contributed by atoms with Gasteiger partial charge in [0.25, 0.3) is 0 Å². The Labute approximate surface area is 161 Å². The number of hydrogen-bond donors (Lipinski definition) is 1. The first-order chi connectivity index (χ1) is 12.0. The lowest BCUT2D eigenvalue weighted by Crippen LogP contribution is -3.06. The largest absolute Gasteiger partial charge is 0.496 e. The molecule has 1 aromatic carbocycles. The van der Waals surface area contributed by atoms with Crippen molar-refractivity contribution in [1.29, 1.82) is 0 Å². The summed E-state index contributed by atoms with van der Waals surface area (Å²) in [6.45, 7) is 1.55. The monoisotopic (exact) mass is 395 g/mol. The van der Waals surface area contributed by atoms with Crippen LogP contribution >= 0.6 is 35.2 Å². The van der Waals surface area contributed by atoms with E-state index in [2.05, 4.69) is 13.1 Å². The average Bonchev–Trinajstić information content (AvgIpc) is 3.12. The van der Waals surface area contributed by atoms with Crippen molar-refractivity contribution in [3.05, 3.63) is 50.4 Å². The van der Waals surface area contributed by atoms with E-state index < -0.39 is 0 Å². The molecule has 0 spiro atoms. The maximum atomic E-state index is 6.01. The summed E-state index contributed by atoms with van der Waals surface area (Å²) in [5.74, 6) is 1.58. The molecule has 0 saturated carbocycles. The fourth-order valence-corrected chi connectivity index (χ4v) is 4.10. The van der Waals surface area contributed by atoms with Gasteiger partial charge in [-0.25, -0.2) is 0 Å². The number of rotatable bonds is 6. The SMILES string of the molecule is COc1ccccc1-c1nn(C[NH+](C)Cc2ccc(Cl)s2)c(=S)n1C. The molecular formula is C17H20ClN4OS2+. The highest BCUT2D eigenvalue weighted by Gasteiger charge is 2.16. The Morgan fingerprint density at radius 1 is 1.28 bits per heavy atom. The number of nitrogens with zero attached hydrogens (tertiary/aromatic N) is 3. The quantitative estimate of drug-likeness (QED) is 0.652. The first-order valence-electron chi connectivity index (χ1n) is 7.82. The second-order valence-corrected chi connectivity index (χ2v) is 8.03. The average molecular weight is 396 g/mol. The molecule has 1 atom stereocenters. The summed E-state index contributed by atoms with van der Waals surface area (Å²) in [5.41, 5.74) is 0.931. The molecule has 3 aromatic rings. The molecule has 132 valence electrons. The van der Waals surface area contributed by atoms with Crippen LogP contribution in [-0.2, 0) is 20.3 Å². The molecule has 1 unspecified atom stereocenters. The summed E-state index contributed by atoms with van der Waals surface area (Å²) < 4.78 is 10.7. The fourth-order valence-electron chi connectivity index (χ4n) is 2.71. The topological polar surface area (TPSA) is 36.4 Å². The smallest absolute Gasteiger partial charge is 0.202 e. The van der Waals surface area contributed by atoms with Gasteiger partial charge >= 0.3 is 0 Å². The van der Waals surface area contributed by atoms with E-state index in [4.69, 9.17) is 33.7 Å². The molecule has 0 saturated heterocycles. The van der Waals surface area contributed by atoms with Crippen LogP contribution in [0.4, 0.5) is 0 Å². The van der Waals surface area contributed by atoms with Gasteiger partial charge in [0, 0.05) is 7.05 Å². The van der Waals surface area contributed by atoms with Crippen molar-refractivity contribution in [2.45, 2.75) is 13.2 Å². The number of nitrogens with one attached hydrogen (secondary N) is 1. The molecule has 0 aliphatic rings. The molecule has 0 radical (unpaired) electrons. The molecule has 2 aromatic heterocycles. The summed E-state index contributed by atoms with van der Waals surface area (Å²) in [7, 11) is 5.71. The van der Waals surface area contributed by atoms with E-state index in [0.29, 0.717) is 11.4 Å². The molecule has 5 nitrogen and oxygen atoms in total. The molecule has 25 heavy (non-hydrogen) atoms. The van der Waals surface area contributed by atoms with Crippen LogP contribution in [0.15, 0.2) is 36.4 Å². The number of methoxy groups -OCH3 is 1. The van der Waals surface area contributed by atoms with Gasteiger partial charge in [0.1, 0.15) is 12.3 Å². The van der Waals surface area contributed by atoms with E-state index in [-0.39, 0.29) is 0 Å². The van der Waals surface area contributed by atoms with Crippen LogP contribution < -0.4 is 9.64 Å². The van der Waals surface area contributed by atoms with E-state index in [1.54, 1.807) is 18.4 Å². The number of quaternary nitrogens is 1. The Morgan fingerprint density at radius 2 is 2.04 bits per heavy atom. The number of para-hydroxylation sites is 1. The number of ether oxygens (including phenoxy) is 1. The maximum absolute atomic E-state index is 6.01. The van der Waals surface area contributed by atoms with Gasteiger partial charge < -0.3 is 14.2 Å². The van der Waals surface area contributed by atoms with Crippen molar-refractivity contribution >= 4 is 35.2 Å². The third-order valence-electron chi connectivity index (χ3n) is 3.91. The van der Waals surface area contributed by atoms with E-state index in [1.807, 2.05) is 46.6 Å². The zero-order chi connectivity index (χ0) is 18.0. The van der Waals surface area contributed by atoms with Crippen LogP contribution in [0.1, 0.15) is 4.88 Å². The molecule has 3 rings (SSSR count). The second kappa shape index (κ2) is 7.70. The van der Waals surface area contributed by atoms with Gasteiger partial charge in [-0.05, 0) is 36.5 Å². The minimum Gasteiger partial charge on any atom is -0.496 e. The van der Waals surface area contributed by atoms with Gasteiger partial charge in [-0.2, -0.15) is 4.68 Å². The van der Waals surface area contributed by atoms with E-state index >= 15 is 0 Å². The van der Waals surface area contributed by atoms with Crippen LogP contribution in [0.5, 0.6) is 5.75 Å². The van der Waals surface area contributed by atoms with E-state index in [0.717, 1.165) is 28.0 Å². The standard InChI is InChI=1S/C17H19ClN4OS2/c1-20(10-12-8-9-15(18)25-12)11-22-17(24)21(2)16(19-22)13-6-4-5-7-14(13)23-3/h4-9H,10-11H2,1-3H3/p+1. The van der Waals surface area contributed by atoms with Crippen LogP contribution in [-0.4, -0.2) is 28.5 Å². The van der Waals surface area contributed by atoms with E-state index in [9.17, 15) is 0 Å². The molecule has 0 fully saturated rings. The number of halogens is 1. The lowest BCUT2D eigenvalue weighted by molar-refractivity contribution is -0.917. The maximum Gasteiger partial charge on any atom is 0.202 e. The van der Waals surface area contributed by atoms with Crippen LogP contribution in [0, 0.1) is 4.77 Å². The molecule has 0 aliphatic carbocycles. The Bertz CT molecular complexity index is 931. The third kappa shape index (κ3) is 3.95. The van der Waals surface area contributed by atoms with Gasteiger partial charge in [0.15, 0.2) is 12.5 Å². The van der Waals surface area contributed by atoms with Crippen molar-refractivity contribution < 1.29 is 9.64 Å². The Balaban J connectivity index is 1.85. The molecule has 2 heterocycles. The van der Waals surface area contributed by atoms with E-state index in [1.165, 1.54) is 9.78 Å². The highest BCUT2D eigenvalue weighted by molar-refractivity contribution is 7.71. The number of thiophene rings is 1. The Kier molecular flexibility index (Phi) is 5.58. The van der Waals surface area contributed by atoms with Crippen molar-refractivity contribution in [2.24, 2.45) is 7.05 Å². The second-order valence-electron chi connectivity index (χ2n) is 5.86. The van der Waals surface area contributed by atoms with Crippen LogP contribution in [0.2, 0.25) is 4.34 Å². The first-order valence-corrected chi connectivity index (χ1v) is 9.42. The number of benzene rings is 1. The lowest BCUT2D eigenvalue weighted by Gasteiger charge is -2.12. The Hall–Kier alpha value is -1.67. The van der Waals surface area contributed by atoms with Crippen molar-refractivity contribution in [3.63, 3.8) is 0 Å². The summed E-state index contributed by atoms with van der Waals surface area (Å²) in [6.07, 6.45) is 0. The molecular weight excluding hydrogens is 376 g/mol. The number of hydrogen-bond acceptors (Lipinski definition) is 4. The summed E-state index contributed by atoms with van der Waals surface area (Å²) >= 11 is 13.2. The molecule has 8 heteroatoms.